The Hall–Kier alpha value is -3.07. The summed E-state index contributed by atoms with van der Waals surface area (Å²) in [5.41, 5.74) is 2.23. The fourth-order valence-corrected chi connectivity index (χ4v) is 5.59. The molecule has 2 aliphatic rings. The molecule has 1 fully saturated rings. The number of carbonyl (C=O) groups is 2. The molecule has 30 heavy (non-hydrogen) atoms. The Balaban J connectivity index is 1.62. The van der Waals surface area contributed by atoms with Gasteiger partial charge in [-0.2, -0.15) is 0 Å². The molecule has 8 nitrogen and oxygen atoms in total. The second-order valence-electron chi connectivity index (χ2n) is 7.40. The van der Waals surface area contributed by atoms with E-state index in [2.05, 4.69) is 16.0 Å². The SMILES string of the molecule is CCCNC(=O)N1CCc2cc(S(=O)(=O)C3NC(=O)NC3c3ccccc3)ccc21. The first kappa shape index (κ1) is 20.2. The van der Waals surface area contributed by atoms with E-state index < -0.39 is 27.3 Å². The highest BCUT2D eigenvalue weighted by Crippen LogP contribution is 2.34. The van der Waals surface area contributed by atoms with Gasteiger partial charge in [0.2, 0.25) is 9.84 Å². The van der Waals surface area contributed by atoms with Crippen molar-refractivity contribution in [3.63, 3.8) is 0 Å². The molecule has 4 amide bonds. The van der Waals surface area contributed by atoms with E-state index in [0.717, 1.165) is 17.7 Å². The molecular formula is C21H24N4O4S. The van der Waals surface area contributed by atoms with Crippen LogP contribution in [0.25, 0.3) is 0 Å². The minimum absolute atomic E-state index is 0.131. The lowest BCUT2D eigenvalue weighted by Crippen LogP contribution is -2.39. The molecule has 3 N–H and O–H groups in total. The zero-order valence-electron chi connectivity index (χ0n) is 16.6. The molecule has 0 radical (unpaired) electrons. The van der Waals surface area contributed by atoms with E-state index in [-0.39, 0.29) is 10.9 Å². The summed E-state index contributed by atoms with van der Waals surface area (Å²) in [5.74, 6) is 0. The summed E-state index contributed by atoms with van der Waals surface area (Å²) in [6.45, 7) is 3.07. The highest BCUT2D eigenvalue weighted by molar-refractivity contribution is 7.92. The second-order valence-corrected chi connectivity index (χ2v) is 9.47. The number of urea groups is 2. The first-order valence-electron chi connectivity index (χ1n) is 9.96. The molecule has 1 saturated heterocycles. The van der Waals surface area contributed by atoms with Gasteiger partial charge in [-0.05, 0) is 42.2 Å². The van der Waals surface area contributed by atoms with E-state index in [1.165, 1.54) is 6.07 Å². The van der Waals surface area contributed by atoms with Gasteiger partial charge in [0, 0.05) is 18.8 Å². The summed E-state index contributed by atoms with van der Waals surface area (Å²) >= 11 is 0. The van der Waals surface area contributed by atoms with Crippen LogP contribution in [-0.2, 0) is 16.3 Å². The molecule has 4 rings (SSSR count). The van der Waals surface area contributed by atoms with Crippen molar-refractivity contribution in [3.8, 4) is 0 Å². The molecule has 2 aromatic rings. The molecule has 2 unspecified atom stereocenters. The summed E-state index contributed by atoms with van der Waals surface area (Å²) in [7, 11) is -3.86. The summed E-state index contributed by atoms with van der Waals surface area (Å²) in [4.78, 5) is 26.1. The molecule has 2 heterocycles. The number of hydrogen-bond acceptors (Lipinski definition) is 4. The molecule has 0 saturated carbocycles. The van der Waals surface area contributed by atoms with E-state index in [4.69, 9.17) is 0 Å². The van der Waals surface area contributed by atoms with Crippen LogP contribution < -0.4 is 20.9 Å². The fraction of sp³-hybridized carbons (Fsp3) is 0.333. The zero-order valence-corrected chi connectivity index (χ0v) is 17.4. The molecular weight excluding hydrogens is 404 g/mol. The molecule has 158 valence electrons. The van der Waals surface area contributed by atoms with Crippen LogP contribution in [0, 0.1) is 0 Å². The molecule has 0 aliphatic carbocycles. The number of sulfone groups is 1. The van der Waals surface area contributed by atoms with E-state index in [9.17, 15) is 18.0 Å². The number of fused-ring (bicyclic) bond motifs is 1. The summed E-state index contributed by atoms with van der Waals surface area (Å²) in [6.07, 6.45) is 1.42. The van der Waals surface area contributed by atoms with Gasteiger partial charge in [-0.15, -0.1) is 0 Å². The lowest BCUT2D eigenvalue weighted by Gasteiger charge is -2.20. The van der Waals surface area contributed by atoms with Crippen molar-refractivity contribution in [3.05, 3.63) is 59.7 Å². The summed E-state index contributed by atoms with van der Waals surface area (Å²) in [5, 5.41) is 6.98. The zero-order chi connectivity index (χ0) is 21.3. The standard InChI is InChI=1S/C21H24N4O4S/c1-2-11-22-21(27)25-12-10-15-13-16(8-9-17(15)25)30(28,29)19-18(23-20(26)24-19)14-6-4-3-5-7-14/h3-9,13,18-19H,2,10-12H2,1H3,(H,22,27)(H2,23,24,26). The van der Waals surface area contributed by atoms with Crippen molar-refractivity contribution < 1.29 is 18.0 Å². The monoisotopic (exact) mass is 428 g/mol. The molecule has 0 bridgehead atoms. The number of rotatable bonds is 5. The molecule has 0 aromatic heterocycles. The van der Waals surface area contributed by atoms with Crippen molar-refractivity contribution in [1.82, 2.24) is 16.0 Å². The largest absolute Gasteiger partial charge is 0.338 e. The number of amides is 4. The highest BCUT2D eigenvalue weighted by Gasteiger charge is 2.43. The van der Waals surface area contributed by atoms with Gasteiger partial charge in [-0.3, -0.25) is 4.90 Å². The van der Waals surface area contributed by atoms with Crippen LogP contribution in [0.1, 0.15) is 30.5 Å². The van der Waals surface area contributed by atoms with Gasteiger partial charge in [0.1, 0.15) is 0 Å². The van der Waals surface area contributed by atoms with Crippen LogP contribution in [-0.4, -0.2) is 38.9 Å². The Labute approximate surface area is 175 Å². The Bertz CT molecular complexity index is 1070. The van der Waals surface area contributed by atoms with Gasteiger partial charge in [0.15, 0.2) is 5.37 Å². The van der Waals surface area contributed by atoms with Crippen molar-refractivity contribution in [2.24, 2.45) is 0 Å². The predicted octanol–water partition coefficient (Wildman–Crippen LogP) is 2.32. The normalized spacial score (nSPS) is 20.4. The topological polar surface area (TPSA) is 108 Å². The predicted molar refractivity (Wildman–Crippen MR) is 113 cm³/mol. The minimum Gasteiger partial charge on any atom is -0.338 e. The van der Waals surface area contributed by atoms with Gasteiger partial charge in [0.05, 0.1) is 10.9 Å². The number of carbonyl (C=O) groups excluding carboxylic acids is 2. The van der Waals surface area contributed by atoms with Crippen LogP contribution in [0.4, 0.5) is 15.3 Å². The van der Waals surface area contributed by atoms with Crippen LogP contribution in [0.5, 0.6) is 0 Å². The van der Waals surface area contributed by atoms with Gasteiger partial charge >= 0.3 is 12.1 Å². The van der Waals surface area contributed by atoms with E-state index in [0.29, 0.717) is 25.1 Å². The van der Waals surface area contributed by atoms with Crippen molar-refractivity contribution in [2.45, 2.75) is 36.1 Å². The molecule has 0 spiro atoms. The second kappa shape index (κ2) is 7.98. The third kappa shape index (κ3) is 3.60. The van der Waals surface area contributed by atoms with Crippen molar-refractivity contribution in [2.75, 3.05) is 18.0 Å². The average molecular weight is 429 g/mol. The highest BCUT2D eigenvalue weighted by atomic mass is 32.2. The lowest BCUT2D eigenvalue weighted by atomic mass is 10.1. The van der Waals surface area contributed by atoms with E-state index in [1.54, 1.807) is 41.3 Å². The maximum atomic E-state index is 13.4. The number of nitrogens with one attached hydrogen (secondary N) is 3. The lowest BCUT2D eigenvalue weighted by molar-refractivity contribution is 0.246. The Morgan fingerprint density at radius 3 is 2.67 bits per heavy atom. The first-order valence-corrected chi connectivity index (χ1v) is 11.5. The van der Waals surface area contributed by atoms with Crippen molar-refractivity contribution in [1.29, 1.82) is 0 Å². The van der Waals surface area contributed by atoms with Crippen LogP contribution in [0.2, 0.25) is 0 Å². The van der Waals surface area contributed by atoms with Gasteiger partial charge < -0.3 is 16.0 Å². The quantitative estimate of drug-likeness (QED) is 0.679. The first-order chi connectivity index (χ1) is 14.4. The van der Waals surface area contributed by atoms with Crippen LogP contribution in [0.15, 0.2) is 53.4 Å². The summed E-state index contributed by atoms with van der Waals surface area (Å²) in [6, 6.07) is 12.4. The van der Waals surface area contributed by atoms with Crippen LogP contribution in [0.3, 0.4) is 0 Å². The number of nitrogens with zero attached hydrogens (tertiary/aromatic N) is 1. The number of hydrogen-bond donors (Lipinski definition) is 3. The van der Waals surface area contributed by atoms with Crippen LogP contribution >= 0.6 is 0 Å². The number of benzene rings is 2. The maximum Gasteiger partial charge on any atom is 0.321 e. The maximum absolute atomic E-state index is 13.4. The van der Waals surface area contributed by atoms with Gasteiger partial charge in [-0.25, -0.2) is 18.0 Å². The fourth-order valence-electron chi connectivity index (χ4n) is 3.89. The van der Waals surface area contributed by atoms with E-state index >= 15 is 0 Å². The molecule has 9 heteroatoms. The molecule has 2 aromatic carbocycles. The molecule has 2 atom stereocenters. The van der Waals surface area contributed by atoms with E-state index in [1.807, 2.05) is 13.0 Å². The Morgan fingerprint density at radius 2 is 1.93 bits per heavy atom. The third-order valence-corrected chi connectivity index (χ3v) is 7.37. The van der Waals surface area contributed by atoms with Gasteiger partial charge in [0.25, 0.3) is 0 Å². The molecule has 2 aliphatic heterocycles. The van der Waals surface area contributed by atoms with Crippen molar-refractivity contribution >= 4 is 27.6 Å². The van der Waals surface area contributed by atoms with Gasteiger partial charge in [-0.1, -0.05) is 37.3 Å². The summed E-state index contributed by atoms with van der Waals surface area (Å²) < 4.78 is 26.7. The third-order valence-electron chi connectivity index (χ3n) is 5.40. The Kier molecular flexibility index (Phi) is 5.38. The smallest absolute Gasteiger partial charge is 0.321 e. The minimum atomic E-state index is -3.86. The number of anilines is 1. The average Bonchev–Trinajstić information content (AvgIpc) is 3.36. The Morgan fingerprint density at radius 1 is 1.17 bits per heavy atom.